The van der Waals surface area contributed by atoms with Gasteiger partial charge < -0.3 is 9.84 Å². The zero-order chi connectivity index (χ0) is 19.2. The molecular formula is C22H26ClNO3. The molecule has 1 heterocycles. The maximum atomic E-state index is 11.3. The Kier molecular flexibility index (Phi) is 6.89. The predicted molar refractivity (Wildman–Crippen MR) is 108 cm³/mol. The van der Waals surface area contributed by atoms with E-state index in [4.69, 9.17) is 16.3 Å². The number of piperidine rings is 1. The van der Waals surface area contributed by atoms with Crippen LogP contribution in [0.5, 0.6) is 0 Å². The summed E-state index contributed by atoms with van der Waals surface area (Å²) in [6.45, 7) is 3.98. The van der Waals surface area contributed by atoms with Crippen LogP contribution in [0.4, 0.5) is 0 Å². The molecular weight excluding hydrogens is 362 g/mol. The molecule has 0 saturated carbocycles. The van der Waals surface area contributed by atoms with E-state index in [1.165, 1.54) is 0 Å². The largest absolute Gasteiger partial charge is 0.480 e. The first-order valence-corrected chi connectivity index (χ1v) is 9.89. The van der Waals surface area contributed by atoms with Gasteiger partial charge in [0.05, 0.1) is 12.7 Å². The minimum atomic E-state index is -0.731. The van der Waals surface area contributed by atoms with Crippen LogP contribution in [0.1, 0.15) is 31.7 Å². The number of aliphatic carboxylic acids is 1. The number of carboxylic acid groups (broad SMARTS) is 1. The van der Waals surface area contributed by atoms with E-state index in [0.717, 1.165) is 47.6 Å². The van der Waals surface area contributed by atoms with E-state index in [2.05, 4.69) is 17.0 Å². The third-order valence-corrected chi connectivity index (χ3v) is 5.57. The third kappa shape index (κ3) is 4.89. The molecule has 1 N–H and O–H groups in total. The quantitative estimate of drug-likeness (QED) is 0.737. The van der Waals surface area contributed by atoms with Crippen molar-refractivity contribution in [3.8, 4) is 11.1 Å². The van der Waals surface area contributed by atoms with E-state index in [9.17, 15) is 9.90 Å². The molecule has 1 unspecified atom stereocenters. The number of ether oxygens (including phenoxy) is 1. The van der Waals surface area contributed by atoms with E-state index in [-0.39, 0.29) is 12.1 Å². The molecule has 5 heteroatoms. The third-order valence-electron chi connectivity index (χ3n) is 5.25. The van der Waals surface area contributed by atoms with E-state index >= 15 is 0 Å². The highest BCUT2D eigenvalue weighted by Crippen LogP contribution is 2.31. The van der Waals surface area contributed by atoms with Gasteiger partial charge in [-0.1, -0.05) is 61.0 Å². The number of carbonyl (C=O) groups is 1. The van der Waals surface area contributed by atoms with Crippen LogP contribution in [0.15, 0.2) is 48.5 Å². The predicted octanol–water partition coefficient (Wildman–Crippen LogP) is 4.85. The van der Waals surface area contributed by atoms with Crippen LogP contribution in [-0.4, -0.2) is 41.2 Å². The first-order chi connectivity index (χ1) is 13.1. The zero-order valence-electron chi connectivity index (χ0n) is 15.6. The lowest BCUT2D eigenvalue weighted by Gasteiger charge is -2.35. The topological polar surface area (TPSA) is 49.8 Å². The van der Waals surface area contributed by atoms with Gasteiger partial charge in [-0.15, -0.1) is 0 Å². The summed E-state index contributed by atoms with van der Waals surface area (Å²) < 4.78 is 6.18. The number of carboxylic acids is 1. The normalized spacial score (nSPS) is 17.0. The maximum Gasteiger partial charge on any atom is 0.320 e. The molecule has 0 aromatic heterocycles. The van der Waals surface area contributed by atoms with Crippen LogP contribution in [0.25, 0.3) is 11.1 Å². The number of hydrogen-bond donors (Lipinski definition) is 1. The minimum absolute atomic E-state index is 0.159. The molecule has 27 heavy (non-hydrogen) atoms. The molecule has 0 aliphatic carbocycles. The summed E-state index contributed by atoms with van der Waals surface area (Å²) >= 11 is 6.37. The number of rotatable bonds is 7. The summed E-state index contributed by atoms with van der Waals surface area (Å²) in [4.78, 5) is 13.4. The monoisotopic (exact) mass is 387 g/mol. The average molecular weight is 388 g/mol. The van der Waals surface area contributed by atoms with Crippen molar-refractivity contribution in [3.05, 3.63) is 59.1 Å². The molecule has 2 aromatic carbocycles. The molecule has 0 spiro atoms. The summed E-state index contributed by atoms with van der Waals surface area (Å²) in [7, 11) is 0. The van der Waals surface area contributed by atoms with Crippen LogP contribution < -0.4 is 0 Å². The van der Waals surface area contributed by atoms with Gasteiger partial charge in [-0.3, -0.25) is 9.69 Å². The van der Waals surface area contributed by atoms with Crippen molar-refractivity contribution in [1.29, 1.82) is 0 Å². The first-order valence-electron chi connectivity index (χ1n) is 9.51. The molecule has 1 aliphatic heterocycles. The van der Waals surface area contributed by atoms with Gasteiger partial charge in [0, 0.05) is 23.7 Å². The summed E-state index contributed by atoms with van der Waals surface area (Å²) in [5.74, 6) is -0.731. The fourth-order valence-corrected chi connectivity index (χ4v) is 3.98. The lowest BCUT2D eigenvalue weighted by atomic mass is 10.00. The molecule has 0 radical (unpaired) electrons. The van der Waals surface area contributed by atoms with Crippen LogP contribution >= 0.6 is 11.6 Å². The molecule has 2 aromatic rings. The van der Waals surface area contributed by atoms with Crippen LogP contribution in [-0.2, 0) is 16.1 Å². The molecule has 4 nitrogen and oxygen atoms in total. The van der Waals surface area contributed by atoms with E-state index in [1.807, 2.05) is 43.3 Å². The van der Waals surface area contributed by atoms with Crippen LogP contribution in [0.3, 0.4) is 0 Å². The van der Waals surface area contributed by atoms with E-state index < -0.39 is 5.97 Å². The highest BCUT2D eigenvalue weighted by atomic mass is 35.5. The van der Waals surface area contributed by atoms with Crippen molar-refractivity contribution in [2.45, 2.75) is 44.9 Å². The van der Waals surface area contributed by atoms with Gasteiger partial charge in [0.1, 0.15) is 6.04 Å². The second-order valence-electron chi connectivity index (χ2n) is 6.95. The highest BCUT2D eigenvalue weighted by Gasteiger charge is 2.28. The Morgan fingerprint density at radius 2 is 1.78 bits per heavy atom. The lowest BCUT2D eigenvalue weighted by Crippen LogP contribution is -2.46. The summed E-state index contributed by atoms with van der Waals surface area (Å²) in [5, 5.41) is 10.1. The molecule has 144 valence electrons. The smallest absolute Gasteiger partial charge is 0.320 e. The Labute approximate surface area is 165 Å². The molecule has 0 bridgehead atoms. The molecule has 1 aliphatic rings. The van der Waals surface area contributed by atoms with Gasteiger partial charge in [-0.05, 0) is 36.5 Å². The van der Waals surface area contributed by atoms with Gasteiger partial charge >= 0.3 is 5.97 Å². The summed E-state index contributed by atoms with van der Waals surface area (Å²) in [5.41, 5.74) is 3.22. The summed E-state index contributed by atoms with van der Waals surface area (Å²) in [6.07, 6.45) is 2.51. The zero-order valence-corrected chi connectivity index (χ0v) is 16.4. The first kappa shape index (κ1) is 19.9. The number of hydrogen-bond acceptors (Lipinski definition) is 3. The molecule has 0 amide bonds. The van der Waals surface area contributed by atoms with Crippen molar-refractivity contribution >= 4 is 17.6 Å². The van der Waals surface area contributed by atoms with E-state index in [1.54, 1.807) is 0 Å². The number of likely N-dealkylation sites (tertiary alicyclic amines) is 1. The van der Waals surface area contributed by atoms with E-state index in [0.29, 0.717) is 13.0 Å². The number of nitrogens with zero attached hydrogens (tertiary/aromatic N) is 1. The maximum absolute atomic E-state index is 11.3. The number of benzene rings is 2. The van der Waals surface area contributed by atoms with Gasteiger partial charge in [0.2, 0.25) is 0 Å². The standard InChI is InChI=1S/C22H26ClNO3/c1-2-21(22(25)26)24-13-11-17(12-14-24)27-15-16-7-3-4-8-18(16)19-9-5-6-10-20(19)23/h3-10,17,21H,2,11-15H2,1H3,(H,25,26). The Morgan fingerprint density at radius 3 is 2.41 bits per heavy atom. The Morgan fingerprint density at radius 1 is 1.15 bits per heavy atom. The Hall–Kier alpha value is -1.88. The number of halogens is 1. The lowest BCUT2D eigenvalue weighted by molar-refractivity contribution is -0.144. The van der Waals surface area contributed by atoms with Crippen molar-refractivity contribution in [1.82, 2.24) is 4.90 Å². The highest BCUT2D eigenvalue weighted by molar-refractivity contribution is 6.33. The van der Waals surface area contributed by atoms with Gasteiger partial charge in [0.15, 0.2) is 0 Å². The second kappa shape index (κ2) is 9.36. The molecule has 1 saturated heterocycles. The van der Waals surface area contributed by atoms with Gasteiger partial charge in [-0.2, -0.15) is 0 Å². The molecule has 1 atom stereocenters. The molecule has 1 fully saturated rings. The molecule has 3 rings (SSSR count). The van der Waals surface area contributed by atoms with Crippen LogP contribution in [0, 0.1) is 0 Å². The van der Waals surface area contributed by atoms with Crippen molar-refractivity contribution in [2.75, 3.05) is 13.1 Å². The fourth-order valence-electron chi connectivity index (χ4n) is 3.74. The average Bonchev–Trinajstić information content (AvgIpc) is 2.68. The van der Waals surface area contributed by atoms with Gasteiger partial charge in [0.25, 0.3) is 0 Å². The van der Waals surface area contributed by atoms with Crippen molar-refractivity contribution < 1.29 is 14.6 Å². The fraction of sp³-hybridized carbons (Fsp3) is 0.409. The van der Waals surface area contributed by atoms with Gasteiger partial charge in [-0.25, -0.2) is 0 Å². The summed E-state index contributed by atoms with van der Waals surface area (Å²) in [6, 6.07) is 15.6. The second-order valence-corrected chi connectivity index (χ2v) is 7.35. The Balaban J connectivity index is 1.61. The van der Waals surface area contributed by atoms with Crippen molar-refractivity contribution in [3.63, 3.8) is 0 Å². The van der Waals surface area contributed by atoms with Crippen LogP contribution in [0.2, 0.25) is 5.02 Å². The Bertz CT molecular complexity index is 772. The van der Waals surface area contributed by atoms with Crippen molar-refractivity contribution in [2.24, 2.45) is 0 Å². The minimum Gasteiger partial charge on any atom is -0.480 e. The SMILES string of the molecule is CCC(C(=O)O)N1CCC(OCc2ccccc2-c2ccccc2Cl)CC1.